The number of nitrogens with one attached hydrogen (secondary N) is 3. The monoisotopic (exact) mass is 806 g/mol. The molecule has 0 aliphatic rings. The van der Waals surface area contributed by atoms with Crippen LogP contribution in [0.5, 0.6) is 5.75 Å². The number of amides is 3. The quantitative estimate of drug-likeness (QED) is 0.115. The number of aromatic nitrogens is 4. The van der Waals surface area contributed by atoms with Crippen LogP contribution in [-0.4, -0.2) is 44.8 Å². The van der Waals surface area contributed by atoms with Gasteiger partial charge in [0.25, 0.3) is 17.7 Å². The first-order chi connectivity index (χ1) is 25.8. The number of hydrogen-bond acceptors (Lipinski definition) is 11. The van der Waals surface area contributed by atoms with Crippen LogP contribution in [0.1, 0.15) is 46.4 Å². The van der Waals surface area contributed by atoms with Crippen molar-refractivity contribution in [1.29, 1.82) is 0 Å². The van der Waals surface area contributed by atoms with Crippen LogP contribution in [0, 0.1) is 13.8 Å². The number of methoxy groups -OCH3 is 1. The predicted molar refractivity (Wildman–Crippen MR) is 211 cm³/mol. The maximum Gasteiger partial charge on any atom is 0.419 e. The Labute approximate surface area is 325 Å². The van der Waals surface area contributed by atoms with E-state index in [1.54, 1.807) is 55.7 Å². The van der Waals surface area contributed by atoms with Crippen molar-refractivity contribution in [2.45, 2.75) is 20.0 Å². The van der Waals surface area contributed by atoms with Crippen LogP contribution in [0.4, 0.5) is 35.9 Å². The molecular weight excluding hydrogens is 777 g/mol. The van der Waals surface area contributed by atoms with Gasteiger partial charge in [0, 0.05) is 53.1 Å². The van der Waals surface area contributed by atoms with Crippen LogP contribution in [0.3, 0.4) is 0 Å². The van der Waals surface area contributed by atoms with E-state index in [9.17, 15) is 27.6 Å². The summed E-state index contributed by atoms with van der Waals surface area (Å²) in [6.07, 6.45) is 1.62. The topological polar surface area (TPSA) is 174 Å². The summed E-state index contributed by atoms with van der Waals surface area (Å²) in [5, 5.41) is 8.21. The number of anilines is 4. The largest absolute Gasteiger partial charge is 0.496 e. The lowest BCUT2D eigenvalue weighted by Crippen LogP contribution is -2.15. The van der Waals surface area contributed by atoms with Crippen LogP contribution in [-0.2, 0) is 6.18 Å². The number of carbonyl (C=O) groups is 3. The predicted octanol–water partition coefficient (Wildman–Crippen LogP) is 8.79. The molecule has 4 heterocycles. The summed E-state index contributed by atoms with van der Waals surface area (Å²) in [6.45, 7) is 3.69. The summed E-state index contributed by atoms with van der Waals surface area (Å²) in [4.78, 5) is 56.6. The SMILES string of the molecule is COc1ccc(C(=O)Nc2ccc(C)c(NC(=O)c3cc4nccnc4s3)c2)cc1C(F)(F)F.Cc1ccc(N)cc1NC(=O)c1cc2nccnc2s1.Cl. The second kappa shape index (κ2) is 16.9. The Balaban J connectivity index is 0.000000235. The van der Waals surface area contributed by atoms with Crippen molar-refractivity contribution in [2.24, 2.45) is 0 Å². The number of aryl methyl sites for hydroxylation is 2. The number of nitrogens with zero attached hydrogens (tertiary/aromatic N) is 4. The van der Waals surface area contributed by atoms with Crippen molar-refractivity contribution in [3.05, 3.63) is 124 Å². The van der Waals surface area contributed by atoms with E-state index >= 15 is 0 Å². The van der Waals surface area contributed by atoms with Gasteiger partial charge in [-0.25, -0.2) is 9.97 Å². The third kappa shape index (κ3) is 9.50. The number of nitrogens with two attached hydrogens (primary N) is 1. The summed E-state index contributed by atoms with van der Waals surface area (Å²) in [7, 11) is 1.12. The standard InChI is InChI=1S/C23H17F3N4O3S.C14H12N4OS.ClH/c1-12-3-5-14(29-20(31)13-4-6-18(33-2)15(9-13)23(24,25)26)10-16(12)30-21(32)19-11-17-22(34-19)28-8-7-27-17;1-8-2-3-9(15)6-10(8)18-13(19)12-7-11-14(20-12)17-5-4-16-11;/h3-11H,1-2H3,(H,29,31)(H,30,32);2-7H,15H2,1H3,(H,18,19);1H. The van der Waals surface area contributed by atoms with Gasteiger partial charge in [0.05, 0.1) is 22.4 Å². The van der Waals surface area contributed by atoms with Gasteiger partial charge in [0.2, 0.25) is 0 Å². The highest BCUT2D eigenvalue weighted by Crippen LogP contribution is 2.37. The average molecular weight is 807 g/mol. The van der Waals surface area contributed by atoms with E-state index in [0.717, 1.165) is 40.7 Å². The zero-order valence-electron chi connectivity index (χ0n) is 29.0. The van der Waals surface area contributed by atoms with Crippen LogP contribution in [0.15, 0.2) is 91.5 Å². The highest BCUT2D eigenvalue weighted by atomic mass is 35.5. The molecule has 3 amide bonds. The third-order valence-corrected chi connectivity index (χ3v) is 9.86. The normalized spacial score (nSPS) is 10.9. The molecule has 7 rings (SSSR count). The van der Waals surface area contributed by atoms with E-state index in [4.69, 9.17) is 10.5 Å². The number of thiophene rings is 2. The Hall–Kier alpha value is -6.17. The second-order valence-electron chi connectivity index (χ2n) is 11.6. The maximum atomic E-state index is 13.3. The lowest BCUT2D eigenvalue weighted by atomic mass is 10.1. The Bertz CT molecular complexity index is 2480. The molecule has 0 saturated heterocycles. The molecule has 55 heavy (non-hydrogen) atoms. The Morgan fingerprint density at radius 2 is 1.20 bits per heavy atom. The number of ether oxygens (including phenoxy) is 1. The average Bonchev–Trinajstić information content (AvgIpc) is 3.79. The van der Waals surface area contributed by atoms with Gasteiger partial charge in [-0.05, 0) is 79.6 Å². The highest BCUT2D eigenvalue weighted by Gasteiger charge is 2.35. The fourth-order valence-corrected chi connectivity index (χ4v) is 6.72. The maximum absolute atomic E-state index is 13.3. The minimum atomic E-state index is -4.68. The third-order valence-electron chi connectivity index (χ3n) is 7.80. The number of fused-ring (bicyclic) bond motifs is 2. The van der Waals surface area contributed by atoms with Gasteiger partial charge in [0.15, 0.2) is 0 Å². The molecule has 0 bridgehead atoms. The van der Waals surface area contributed by atoms with Crippen LogP contribution in [0.25, 0.3) is 20.7 Å². The van der Waals surface area contributed by atoms with Crippen molar-refractivity contribution in [3.63, 3.8) is 0 Å². The van der Waals surface area contributed by atoms with Crippen molar-refractivity contribution in [2.75, 3.05) is 28.8 Å². The number of alkyl halides is 3. The molecule has 0 radical (unpaired) electrons. The van der Waals surface area contributed by atoms with Gasteiger partial charge in [-0.1, -0.05) is 12.1 Å². The van der Waals surface area contributed by atoms with Crippen molar-refractivity contribution >= 4 is 96.2 Å². The molecule has 0 saturated carbocycles. The summed E-state index contributed by atoms with van der Waals surface area (Å²) in [5.41, 5.74) is 9.59. The number of nitrogen functional groups attached to an aromatic ring is 1. The van der Waals surface area contributed by atoms with Gasteiger partial charge in [-0.15, -0.1) is 35.1 Å². The molecule has 3 aromatic carbocycles. The van der Waals surface area contributed by atoms with Crippen molar-refractivity contribution in [1.82, 2.24) is 19.9 Å². The van der Waals surface area contributed by atoms with Crippen molar-refractivity contribution in [3.8, 4) is 5.75 Å². The molecule has 282 valence electrons. The second-order valence-corrected chi connectivity index (χ2v) is 13.7. The number of halogens is 4. The Kier molecular flexibility index (Phi) is 12.3. The van der Waals surface area contributed by atoms with Crippen molar-refractivity contribution < 1.29 is 32.3 Å². The van der Waals surface area contributed by atoms with E-state index in [-0.39, 0.29) is 35.5 Å². The Morgan fingerprint density at radius 3 is 1.73 bits per heavy atom. The molecule has 0 aliphatic heterocycles. The number of carbonyl (C=O) groups excluding carboxylic acids is 3. The van der Waals surface area contributed by atoms with Crippen LogP contribution >= 0.6 is 35.1 Å². The number of hydrogen-bond donors (Lipinski definition) is 4. The lowest BCUT2D eigenvalue weighted by Gasteiger charge is -2.14. The molecule has 0 unspecified atom stereocenters. The summed E-state index contributed by atoms with van der Waals surface area (Å²) in [5.74, 6) is -1.67. The van der Waals surface area contributed by atoms with E-state index in [2.05, 4.69) is 35.9 Å². The van der Waals surface area contributed by atoms with E-state index in [1.165, 1.54) is 47.2 Å². The molecule has 0 atom stereocenters. The lowest BCUT2D eigenvalue weighted by molar-refractivity contribution is -0.138. The molecule has 0 spiro atoms. The van der Waals surface area contributed by atoms with Gasteiger partial charge >= 0.3 is 6.18 Å². The zero-order chi connectivity index (χ0) is 38.6. The van der Waals surface area contributed by atoms with Gasteiger partial charge in [-0.2, -0.15) is 13.2 Å². The molecule has 12 nitrogen and oxygen atoms in total. The smallest absolute Gasteiger partial charge is 0.419 e. The molecule has 5 N–H and O–H groups in total. The number of rotatable bonds is 7. The molecule has 0 aliphatic carbocycles. The first-order valence-corrected chi connectivity index (χ1v) is 17.5. The molecule has 4 aromatic heterocycles. The van der Waals surface area contributed by atoms with E-state index in [1.807, 2.05) is 13.0 Å². The summed E-state index contributed by atoms with van der Waals surface area (Å²) in [6, 6.07) is 16.6. The Morgan fingerprint density at radius 1 is 0.673 bits per heavy atom. The van der Waals surface area contributed by atoms with E-state index < -0.39 is 17.6 Å². The van der Waals surface area contributed by atoms with Crippen LogP contribution in [0.2, 0.25) is 0 Å². The van der Waals surface area contributed by atoms with Crippen LogP contribution < -0.4 is 26.4 Å². The molecule has 7 aromatic rings. The summed E-state index contributed by atoms with van der Waals surface area (Å²) < 4.78 is 44.6. The number of benzene rings is 3. The highest BCUT2D eigenvalue weighted by molar-refractivity contribution is 7.20. The van der Waals surface area contributed by atoms with E-state index in [0.29, 0.717) is 42.9 Å². The van der Waals surface area contributed by atoms with Gasteiger partial charge < -0.3 is 26.4 Å². The van der Waals surface area contributed by atoms with Gasteiger partial charge in [0.1, 0.15) is 26.4 Å². The minimum absolute atomic E-state index is 0. The molecule has 18 heteroatoms. The fourth-order valence-electron chi connectivity index (χ4n) is 5.02. The summed E-state index contributed by atoms with van der Waals surface area (Å²) >= 11 is 2.51. The molecule has 0 fully saturated rings. The minimum Gasteiger partial charge on any atom is -0.496 e. The first-order valence-electron chi connectivity index (χ1n) is 15.9. The fraction of sp³-hybridized carbons (Fsp3) is 0.108. The zero-order valence-corrected chi connectivity index (χ0v) is 31.5. The molecular formula is C37H30ClF3N8O4S2. The first kappa shape index (κ1) is 40.0. The van der Waals surface area contributed by atoms with Gasteiger partial charge in [-0.3, -0.25) is 24.4 Å².